The molecule has 2 aromatic rings. The minimum atomic E-state index is -4.75. The summed E-state index contributed by atoms with van der Waals surface area (Å²) in [7, 11) is 0. The quantitative estimate of drug-likeness (QED) is 0.802. The van der Waals surface area contributed by atoms with Crippen LogP contribution in [0.25, 0.3) is 11.3 Å². The lowest BCUT2D eigenvalue weighted by Gasteiger charge is -2.35. The second-order valence-electron chi connectivity index (χ2n) is 6.39. The normalized spacial score (nSPS) is 20.0. The summed E-state index contributed by atoms with van der Waals surface area (Å²) in [5.41, 5.74) is 1.06. The van der Waals surface area contributed by atoms with Crippen LogP contribution in [0.1, 0.15) is 13.3 Å². The molecule has 2 atom stereocenters. The van der Waals surface area contributed by atoms with Crippen molar-refractivity contribution >= 4 is 11.7 Å². The summed E-state index contributed by atoms with van der Waals surface area (Å²) >= 11 is 0. The number of alkyl halides is 4. The number of aromatic nitrogens is 2. The van der Waals surface area contributed by atoms with Gasteiger partial charge in [-0.25, -0.2) is 14.4 Å². The van der Waals surface area contributed by atoms with Crippen molar-refractivity contribution in [3.63, 3.8) is 0 Å². The molecule has 3 rings (SSSR count). The van der Waals surface area contributed by atoms with Crippen LogP contribution >= 0.6 is 0 Å². The number of halogens is 4. The molecule has 1 aliphatic heterocycles. The minimum absolute atomic E-state index is 0.0692. The number of rotatable bonds is 4. The number of nitrogens with zero attached hydrogens (tertiary/aromatic N) is 3. The summed E-state index contributed by atoms with van der Waals surface area (Å²) in [6.07, 6.45) is -4.24. The highest BCUT2D eigenvalue weighted by Crippen LogP contribution is 2.27. The zero-order chi connectivity index (χ0) is 20.3. The van der Waals surface area contributed by atoms with Crippen molar-refractivity contribution in [2.75, 3.05) is 18.0 Å². The molecule has 1 fully saturated rings. The van der Waals surface area contributed by atoms with Crippen LogP contribution in [0.5, 0.6) is 5.75 Å². The summed E-state index contributed by atoms with van der Waals surface area (Å²) in [6, 6.07) is 6.41. The van der Waals surface area contributed by atoms with Crippen LogP contribution < -0.4 is 15.0 Å². The second-order valence-corrected chi connectivity index (χ2v) is 6.39. The molecule has 2 heterocycles. The molecule has 0 bridgehead atoms. The smallest absolute Gasteiger partial charge is 0.406 e. The maximum absolute atomic E-state index is 14.3. The van der Waals surface area contributed by atoms with Crippen molar-refractivity contribution in [2.24, 2.45) is 0 Å². The van der Waals surface area contributed by atoms with Gasteiger partial charge in [-0.3, -0.25) is 4.79 Å². The highest BCUT2D eigenvalue weighted by Gasteiger charge is 2.31. The zero-order valence-electron chi connectivity index (χ0n) is 14.9. The summed E-state index contributed by atoms with van der Waals surface area (Å²) in [6.45, 7) is 1.92. The van der Waals surface area contributed by atoms with Gasteiger partial charge in [-0.15, -0.1) is 13.2 Å². The molecule has 28 heavy (non-hydrogen) atoms. The van der Waals surface area contributed by atoms with Gasteiger partial charge >= 0.3 is 6.36 Å². The summed E-state index contributed by atoms with van der Waals surface area (Å²) in [4.78, 5) is 21.2. The van der Waals surface area contributed by atoms with Gasteiger partial charge in [0.15, 0.2) is 0 Å². The van der Waals surface area contributed by atoms with Gasteiger partial charge in [-0.2, -0.15) is 0 Å². The maximum Gasteiger partial charge on any atom is 0.573 e. The molecule has 6 nitrogen and oxygen atoms in total. The van der Waals surface area contributed by atoms with Crippen LogP contribution in [0.15, 0.2) is 36.7 Å². The van der Waals surface area contributed by atoms with Crippen molar-refractivity contribution in [3.8, 4) is 17.0 Å². The van der Waals surface area contributed by atoms with Gasteiger partial charge in [-0.1, -0.05) is 0 Å². The molecule has 10 heteroatoms. The first-order valence-electron chi connectivity index (χ1n) is 8.55. The number of benzene rings is 1. The molecule has 150 valence electrons. The molecule has 0 spiro atoms. The van der Waals surface area contributed by atoms with Crippen LogP contribution in [0.2, 0.25) is 0 Å². The number of amides is 1. The summed E-state index contributed by atoms with van der Waals surface area (Å²) in [5.74, 6) is -0.0984. The van der Waals surface area contributed by atoms with E-state index in [9.17, 15) is 22.4 Å². The zero-order valence-corrected chi connectivity index (χ0v) is 14.9. The van der Waals surface area contributed by atoms with E-state index in [1.54, 1.807) is 11.0 Å². The monoisotopic (exact) mass is 398 g/mol. The maximum atomic E-state index is 14.3. The van der Waals surface area contributed by atoms with Gasteiger partial charge < -0.3 is 15.0 Å². The first-order valence-corrected chi connectivity index (χ1v) is 8.55. The number of nitrogens with one attached hydrogen (secondary N) is 1. The van der Waals surface area contributed by atoms with E-state index >= 15 is 0 Å². The van der Waals surface area contributed by atoms with Gasteiger partial charge in [0.25, 0.3) is 0 Å². The van der Waals surface area contributed by atoms with Gasteiger partial charge in [0, 0.05) is 25.1 Å². The van der Waals surface area contributed by atoms with E-state index in [1.165, 1.54) is 37.5 Å². The Balaban J connectivity index is 1.72. The van der Waals surface area contributed by atoms with E-state index in [0.717, 1.165) is 0 Å². The van der Waals surface area contributed by atoms with E-state index in [-0.39, 0.29) is 18.2 Å². The lowest BCUT2D eigenvalue weighted by molar-refractivity contribution is -0.274. The first-order chi connectivity index (χ1) is 13.2. The van der Waals surface area contributed by atoms with Crippen LogP contribution in [0.3, 0.4) is 0 Å². The molecule has 0 saturated carbocycles. The Morgan fingerprint density at radius 3 is 2.57 bits per heavy atom. The molecule has 0 aliphatic carbocycles. The Kier molecular flexibility index (Phi) is 5.66. The molecular weight excluding hydrogens is 380 g/mol. The molecule has 0 radical (unpaired) electrons. The summed E-state index contributed by atoms with van der Waals surface area (Å²) < 4.78 is 54.9. The second kappa shape index (κ2) is 7.99. The number of piperidine rings is 1. The van der Waals surface area contributed by atoms with Gasteiger partial charge in [0.2, 0.25) is 5.91 Å². The van der Waals surface area contributed by atoms with Crippen molar-refractivity contribution in [2.45, 2.75) is 31.9 Å². The van der Waals surface area contributed by atoms with Crippen molar-refractivity contribution in [1.82, 2.24) is 15.3 Å². The fourth-order valence-corrected chi connectivity index (χ4v) is 3.04. The largest absolute Gasteiger partial charge is 0.573 e. The van der Waals surface area contributed by atoms with E-state index in [1.807, 2.05) is 0 Å². The highest BCUT2D eigenvalue weighted by molar-refractivity contribution is 5.73. The Hall–Kier alpha value is -2.91. The Bertz CT molecular complexity index is 829. The number of carbonyl (C=O) groups is 1. The fraction of sp³-hybridized carbons (Fsp3) is 0.389. The topological polar surface area (TPSA) is 67.4 Å². The number of hydrogen-bond donors (Lipinski definition) is 1. The molecule has 1 aliphatic rings. The standard InChI is InChI=1S/C18H18F4N4O2/c1-11(27)25-15-6-7-26(9-14(15)19)17-8-16(23-10-24-17)12-2-4-13(5-3-12)28-18(20,21)22/h2-5,8,10,14-15H,6-7,9H2,1H3,(H,25,27). The number of hydrogen-bond acceptors (Lipinski definition) is 5. The molecule has 1 saturated heterocycles. The van der Waals surface area contributed by atoms with E-state index in [4.69, 9.17) is 0 Å². The van der Waals surface area contributed by atoms with Crippen LogP contribution in [-0.2, 0) is 4.79 Å². The molecule has 1 aromatic carbocycles. The third-order valence-corrected chi connectivity index (χ3v) is 4.29. The van der Waals surface area contributed by atoms with Crippen molar-refractivity contribution < 1.29 is 27.1 Å². The van der Waals surface area contributed by atoms with Crippen LogP contribution in [-0.4, -0.2) is 47.5 Å². The molecule has 2 unspecified atom stereocenters. The predicted octanol–water partition coefficient (Wildman–Crippen LogP) is 3.10. The third kappa shape index (κ3) is 5.08. The number of ether oxygens (including phenoxy) is 1. The van der Waals surface area contributed by atoms with Crippen molar-refractivity contribution in [1.29, 1.82) is 0 Å². The molecular formula is C18H18F4N4O2. The van der Waals surface area contributed by atoms with E-state index < -0.39 is 18.6 Å². The SMILES string of the molecule is CC(=O)NC1CCN(c2cc(-c3ccc(OC(F)(F)F)cc3)ncn2)CC1F. The van der Waals surface area contributed by atoms with Crippen LogP contribution in [0.4, 0.5) is 23.4 Å². The molecule has 1 N–H and O–H groups in total. The van der Waals surface area contributed by atoms with Crippen molar-refractivity contribution in [3.05, 3.63) is 36.7 Å². The van der Waals surface area contributed by atoms with Gasteiger partial charge in [0.1, 0.15) is 24.1 Å². The average molecular weight is 398 g/mol. The number of anilines is 1. The molecule has 1 aromatic heterocycles. The van der Waals surface area contributed by atoms with Gasteiger partial charge in [-0.05, 0) is 30.7 Å². The van der Waals surface area contributed by atoms with Crippen LogP contribution in [0, 0.1) is 0 Å². The lowest BCUT2D eigenvalue weighted by atomic mass is 10.0. The Morgan fingerprint density at radius 2 is 1.96 bits per heavy atom. The first kappa shape index (κ1) is 19.8. The average Bonchev–Trinajstić information content (AvgIpc) is 2.62. The number of carbonyl (C=O) groups excluding carboxylic acids is 1. The third-order valence-electron chi connectivity index (χ3n) is 4.29. The lowest BCUT2D eigenvalue weighted by Crippen LogP contribution is -2.52. The highest BCUT2D eigenvalue weighted by atomic mass is 19.4. The Morgan fingerprint density at radius 1 is 1.25 bits per heavy atom. The van der Waals surface area contributed by atoms with Gasteiger partial charge in [0.05, 0.1) is 18.3 Å². The summed E-state index contributed by atoms with van der Waals surface area (Å²) in [5, 5.41) is 2.60. The molecule has 1 amide bonds. The predicted molar refractivity (Wildman–Crippen MR) is 93.5 cm³/mol. The fourth-order valence-electron chi connectivity index (χ4n) is 3.04. The van der Waals surface area contributed by atoms with E-state index in [0.29, 0.717) is 30.0 Å². The minimum Gasteiger partial charge on any atom is -0.406 e. The Labute approximate surface area is 158 Å². The van der Waals surface area contributed by atoms with E-state index in [2.05, 4.69) is 20.0 Å².